The summed E-state index contributed by atoms with van der Waals surface area (Å²) < 4.78 is 16.0. The molecule has 0 atom stereocenters. The number of para-hydroxylation sites is 1. The SMILES string of the molecule is COC(=O)COc1cc(Br)c(C=NNc2ccccc2)cc1OC. The molecule has 0 aliphatic rings. The molecule has 0 spiro atoms. The number of hydrazone groups is 1. The Morgan fingerprint density at radius 2 is 1.96 bits per heavy atom. The van der Waals surface area contributed by atoms with Crippen molar-refractivity contribution in [2.75, 3.05) is 26.3 Å². The van der Waals surface area contributed by atoms with Gasteiger partial charge in [-0.15, -0.1) is 0 Å². The van der Waals surface area contributed by atoms with Crippen molar-refractivity contribution in [2.45, 2.75) is 0 Å². The predicted molar refractivity (Wildman–Crippen MR) is 95.9 cm³/mol. The smallest absolute Gasteiger partial charge is 0.343 e. The number of halogens is 1. The van der Waals surface area contributed by atoms with Crippen LogP contribution in [0.25, 0.3) is 0 Å². The molecule has 2 aromatic rings. The average Bonchev–Trinajstić information content (AvgIpc) is 2.61. The third-order valence-electron chi connectivity index (χ3n) is 3.03. The lowest BCUT2D eigenvalue weighted by molar-refractivity contribution is -0.142. The molecule has 0 amide bonds. The summed E-state index contributed by atoms with van der Waals surface area (Å²) in [6, 6.07) is 13.1. The number of benzene rings is 2. The molecular weight excluding hydrogens is 376 g/mol. The summed E-state index contributed by atoms with van der Waals surface area (Å²) in [5.41, 5.74) is 4.61. The molecule has 126 valence electrons. The topological polar surface area (TPSA) is 69.2 Å². The summed E-state index contributed by atoms with van der Waals surface area (Å²) in [6.45, 7) is -0.192. The predicted octanol–water partition coefficient (Wildman–Crippen LogP) is 3.46. The van der Waals surface area contributed by atoms with Gasteiger partial charge in [0.05, 0.1) is 26.1 Å². The fourth-order valence-electron chi connectivity index (χ4n) is 1.81. The molecule has 0 saturated carbocycles. The van der Waals surface area contributed by atoms with Crippen molar-refractivity contribution in [3.8, 4) is 11.5 Å². The van der Waals surface area contributed by atoms with Crippen LogP contribution in [0.2, 0.25) is 0 Å². The maximum absolute atomic E-state index is 11.2. The van der Waals surface area contributed by atoms with Gasteiger partial charge in [0, 0.05) is 10.0 Å². The first-order chi connectivity index (χ1) is 11.6. The number of hydrogen-bond donors (Lipinski definition) is 1. The van der Waals surface area contributed by atoms with Crippen molar-refractivity contribution in [3.05, 3.63) is 52.5 Å². The van der Waals surface area contributed by atoms with Crippen molar-refractivity contribution in [3.63, 3.8) is 0 Å². The van der Waals surface area contributed by atoms with Crippen LogP contribution in [0.3, 0.4) is 0 Å². The van der Waals surface area contributed by atoms with Crippen molar-refractivity contribution in [1.29, 1.82) is 0 Å². The van der Waals surface area contributed by atoms with Crippen LogP contribution in [-0.4, -0.2) is 33.0 Å². The van der Waals surface area contributed by atoms with Crippen molar-refractivity contribution in [2.24, 2.45) is 5.10 Å². The second kappa shape index (κ2) is 8.93. The van der Waals surface area contributed by atoms with Gasteiger partial charge in [0.1, 0.15) is 0 Å². The number of esters is 1. The molecule has 0 fully saturated rings. The molecule has 7 heteroatoms. The molecule has 0 aliphatic heterocycles. The highest BCUT2D eigenvalue weighted by molar-refractivity contribution is 9.10. The van der Waals surface area contributed by atoms with Crippen LogP contribution in [0.4, 0.5) is 5.69 Å². The lowest BCUT2D eigenvalue weighted by Crippen LogP contribution is -2.13. The molecule has 0 unspecified atom stereocenters. The molecule has 1 N–H and O–H groups in total. The highest BCUT2D eigenvalue weighted by atomic mass is 79.9. The number of anilines is 1. The third-order valence-corrected chi connectivity index (χ3v) is 3.71. The van der Waals surface area contributed by atoms with Gasteiger partial charge in [0.25, 0.3) is 0 Å². The fraction of sp³-hybridized carbons (Fsp3) is 0.176. The highest BCUT2D eigenvalue weighted by Gasteiger charge is 2.11. The third kappa shape index (κ3) is 4.99. The van der Waals surface area contributed by atoms with Gasteiger partial charge in [-0.3, -0.25) is 5.43 Å². The first-order valence-electron chi connectivity index (χ1n) is 7.05. The van der Waals surface area contributed by atoms with E-state index in [0.717, 1.165) is 15.7 Å². The second-order valence-electron chi connectivity index (χ2n) is 4.63. The Kier molecular flexibility index (Phi) is 6.62. The van der Waals surface area contributed by atoms with Crippen LogP contribution in [-0.2, 0) is 9.53 Å². The zero-order valence-electron chi connectivity index (χ0n) is 13.3. The van der Waals surface area contributed by atoms with Gasteiger partial charge in [0.15, 0.2) is 18.1 Å². The number of ether oxygens (including phenoxy) is 3. The summed E-state index contributed by atoms with van der Waals surface area (Å²) >= 11 is 3.45. The minimum atomic E-state index is -0.467. The van der Waals surface area contributed by atoms with Crippen molar-refractivity contribution in [1.82, 2.24) is 0 Å². The molecule has 0 radical (unpaired) electrons. The van der Waals surface area contributed by atoms with E-state index in [0.29, 0.717) is 11.5 Å². The van der Waals surface area contributed by atoms with Gasteiger partial charge in [-0.2, -0.15) is 5.10 Å². The standard InChI is InChI=1S/C17H17BrN2O4/c1-22-15-8-12(10-19-20-13-6-4-3-5-7-13)14(18)9-16(15)24-11-17(21)23-2/h3-10,20H,11H2,1-2H3. The molecule has 0 saturated heterocycles. The monoisotopic (exact) mass is 392 g/mol. The first-order valence-corrected chi connectivity index (χ1v) is 7.84. The zero-order chi connectivity index (χ0) is 17.4. The van der Waals surface area contributed by atoms with E-state index < -0.39 is 5.97 Å². The summed E-state index contributed by atoms with van der Waals surface area (Å²) in [4.78, 5) is 11.2. The number of nitrogens with zero attached hydrogens (tertiary/aromatic N) is 1. The molecule has 0 aliphatic carbocycles. The van der Waals surface area contributed by atoms with Crippen molar-refractivity contribution >= 4 is 33.8 Å². The van der Waals surface area contributed by atoms with Crippen LogP contribution in [0.15, 0.2) is 52.0 Å². The van der Waals surface area contributed by atoms with Crippen LogP contribution < -0.4 is 14.9 Å². The summed E-state index contributed by atoms with van der Waals surface area (Å²) in [5, 5.41) is 4.19. The van der Waals surface area contributed by atoms with Crippen LogP contribution in [0.5, 0.6) is 11.5 Å². The quantitative estimate of drug-likeness (QED) is 0.443. The molecular formula is C17H17BrN2O4. The van der Waals surface area contributed by atoms with E-state index in [1.165, 1.54) is 14.2 Å². The summed E-state index contributed by atoms with van der Waals surface area (Å²) in [7, 11) is 2.83. The number of carbonyl (C=O) groups excluding carboxylic acids is 1. The number of nitrogens with one attached hydrogen (secondary N) is 1. The second-order valence-corrected chi connectivity index (χ2v) is 5.48. The van der Waals surface area contributed by atoms with E-state index in [9.17, 15) is 4.79 Å². The van der Waals surface area contributed by atoms with Gasteiger partial charge < -0.3 is 14.2 Å². The van der Waals surface area contributed by atoms with E-state index in [1.54, 1.807) is 18.3 Å². The Labute approximate surface area is 148 Å². The number of hydrogen-bond acceptors (Lipinski definition) is 6. The van der Waals surface area contributed by atoms with Gasteiger partial charge in [0.2, 0.25) is 0 Å². The van der Waals surface area contributed by atoms with E-state index in [2.05, 4.69) is 31.2 Å². The molecule has 2 aromatic carbocycles. The Morgan fingerprint density at radius 1 is 1.21 bits per heavy atom. The molecule has 0 aromatic heterocycles. The minimum Gasteiger partial charge on any atom is -0.493 e. The maximum atomic E-state index is 11.2. The van der Waals surface area contributed by atoms with Gasteiger partial charge >= 0.3 is 5.97 Å². The van der Waals surface area contributed by atoms with Crippen LogP contribution in [0, 0.1) is 0 Å². The fourth-order valence-corrected chi connectivity index (χ4v) is 2.23. The van der Waals surface area contributed by atoms with Crippen LogP contribution >= 0.6 is 15.9 Å². The zero-order valence-corrected chi connectivity index (χ0v) is 14.9. The van der Waals surface area contributed by atoms with E-state index >= 15 is 0 Å². The van der Waals surface area contributed by atoms with Gasteiger partial charge in [-0.1, -0.05) is 18.2 Å². The maximum Gasteiger partial charge on any atom is 0.343 e. The number of methoxy groups -OCH3 is 2. The Bertz CT molecular complexity index is 720. The van der Waals surface area contributed by atoms with E-state index in [4.69, 9.17) is 9.47 Å². The summed E-state index contributed by atoms with van der Waals surface area (Å²) in [5.74, 6) is 0.456. The molecule has 2 rings (SSSR count). The van der Waals surface area contributed by atoms with Gasteiger partial charge in [-0.25, -0.2) is 4.79 Å². The number of rotatable bonds is 7. The molecule has 24 heavy (non-hydrogen) atoms. The van der Waals surface area contributed by atoms with E-state index in [1.807, 2.05) is 30.3 Å². The Hall–Kier alpha value is -2.54. The molecule has 6 nitrogen and oxygen atoms in total. The molecule has 0 bridgehead atoms. The average molecular weight is 393 g/mol. The van der Waals surface area contributed by atoms with Crippen LogP contribution in [0.1, 0.15) is 5.56 Å². The number of carbonyl (C=O) groups is 1. The first kappa shape index (κ1) is 17.8. The Morgan fingerprint density at radius 3 is 2.62 bits per heavy atom. The highest BCUT2D eigenvalue weighted by Crippen LogP contribution is 2.33. The normalized spacial score (nSPS) is 10.5. The molecule has 0 heterocycles. The summed E-state index contributed by atoms with van der Waals surface area (Å²) in [6.07, 6.45) is 1.66. The lowest BCUT2D eigenvalue weighted by atomic mass is 10.2. The lowest BCUT2D eigenvalue weighted by Gasteiger charge is -2.11. The van der Waals surface area contributed by atoms with Gasteiger partial charge in [-0.05, 0) is 40.2 Å². The van der Waals surface area contributed by atoms with E-state index in [-0.39, 0.29) is 6.61 Å². The largest absolute Gasteiger partial charge is 0.493 e. The Balaban J connectivity index is 2.12. The minimum absolute atomic E-state index is 0.192. The van der Waals surface area contributed by atoms with Crippen molar-refractivity contribution < 1.29 is 19.0 Å².